The fraction of sp³-hybridized carbons (Fsp3) is 0.364. The number of hydrogen-bond donors (Lipinski definition) is 1. The number of benzene rings is 1. The average Bonchev–Trinajstić information content (AvgIpc) is 3.32. The van der Waals surface area contributed by atoms with Crippen LogP contribution in [0.3, 0.4) is 0 Å². The van der Waals surface area contributed by atoms with Crippen LogP contribution in [0.5, 0.6) is 0 Å². The quantitative estimate of drug-likeness (QED) is 0.600. The van der Waals surface area contributed by atoms with Crippen molar-refractivity contribution >= 4 is 17.4 Å². The predicted octanol–water partition coefficient (Wildman–Crippen LogP) is 2.83. The molecule has 2 aliphatic rings. The number of hydrogen-bond acceptors (Lipinski definition) is 6. The first-order chi connectivity index (χ1) is 14.8. The third-order valence-electron chi connectivity index (χ3n) is 6.36. The maximum atomic E-state index is 14.3. The van der Waals surface area contributed by atoms with Gasteiger partial charge in [0.25, 0.3) is 5.91 Å². The zero-order valence-electron chi connectivity index (χ0n) is 17.8. The molecule has 1 saturated heterocycles. The molecule has 0 radical (unpaired) electrons. The fourth-order valence-electron chi connectivity index (χ4n) is 4.75. The zero-order chi connectivity index (χ0) is 21.9. The number of aryl methyl sites for hydroxylation is 1. The lowest BCUT2D eigenvalue weighted by molar-refractivity contribution is 0.0781. The zero-order valence-corrected chi connectivity index (χ0v) is 17.8. The molecule has 0 spiro atoms. The molecule has 1 amide bonds. The van der Waals surface area contributed by atoms with Crippen molar-refractivity contribution in [3.05, 3.63) is 52.6 Å². The van der Waals surface area contributed by atoms with Crippen molar-refractivity contribution < 1.29 is 9.18 Å². The summed E-state index contributed by atoms with van der Waals surface area (Å²) in [6.07, 6.45) is 1.70. The Labute approximate surface area is 179 Å². The first-order valence-electron chi connectivity index (χ1n) is 10.3. The summed E-state index contributed by atoms with van der Waals surface area (Å²) < 4.78 is 16.1. The largest absolute Gasteiger partial charge is 0.380 e. The minimum Gasteiger partial charge on any atom is -0.380 e. The van der Waals surface area contributed by atoms with E-state index in [1.807, 2.05) is 20.0 Å². The number of fused-ring (bicyclic) bond motifs is 8. The normalized spacial score (nSPS) is 18.2. The van der Waals surface area contributed by atoms with Gasteiger partial charge in [0.2, 0.25) is 0 Å². The highest BCUT2D eigenvalue weighted by atomic mass is 19.1. The van der Waals surface area contributed by atoms with E-state index in [-0.39, 0.29) is 17.8 Å². The highest BCUT2D eigenvalue weighted by molar-refractivity contribution is 5.96. The smallest absolute Gasteiger partial charge is 0.254 e. The Bertz CT molecular complexity index is 1200. The SMILES string of the molecule is Cc1c2c(nn1C)CN(C)C(=O)c1ccc(F)cc1[C@H]1CCCN1c1cc-2nnc1N. The highest BCUT2D eigenvalue weighted by Gasteiger charge is 2.33. The standard InChI is InChI=1S/C22H24FN7O/c1-12-20-16-10-19(21(24)26-25-16)30-8-4-5-18(30)15-9-13(23)6-7-14(15)22(31)28(2)11-17(20)27-29(12)3/h6-7,9-10,18H,4-5,8,11H2,1-3H3,(H2,24,26)/t18-/m1/s1. The molecule has 160 valence electrons. The first kappa shape index (κ1) is 19.5. The number of nitrogens with two attached hydrogens (primary N) is 1. The molecule has 2 aromatic heterocycles. The summed E-state index contributed by atoms with van der Waals surface area (Å²) in [6.45, 7) is 3.00. The second-order valence-electron chi connectivity index (χ2n) is 8.27. The van der Waals surface area contributed by atoms with Crippen molar-refractivity contribution in [1.82, 2.24) is 24.9 Å². The summed E-state index contributed by atoms with van der Waals surface area (Å²) in [4.78, 5) is 17.2. The Morgan fingerprint density at radius 3 is 2.81 bits per heavy atom. The molecule has 0 aliphatic carbocycles. The van der Waals surface area contributed by atoms with Crippen LogP contribution in [-0.4, -0.2) is 44.4 Å². The molecular weight excluding hydrogens is 397 g/mol. The second kappa shape index (κ2) is 7.04. The highest BCUT2D eigenvalue weighted by Crippen LogP contribution is 2.41. The molecule has 5 rings (SSSR count). The maximum absolute atomic E-state index is 14.3. The average molecular weight is 421 g/mol. The van der Waals surface area contributed by atoms with Crippen LogP contribution in [0.2, 0.25) is 0 Å². The lowest BCUT2D eigenvalue weighted by Gasteiger charge is -2.30. The number of amides is 1. The molecule has 9 heteroatoms. The lowest BCUT2D eigenvalue weighted by atomic mass is 9.96. The van der Waals surface area contributed by atoms with Crippen LogP contribution >= 0.6 is 0 Å². The number of nitrogen functional groups attached to an aromatic ring is 1. The van der Waals surface area contributed by atoms with Gasteiger partial charge in [0.1, 0.15) is 5.82 Å². The van der Waals surface area contributed by atoms with Crippen molar-refractivity contribution in [2.75, 3.05) is 24.2 Å². The molecule has 4 heterocycles. The predicted molar refractivity (Wildman–Crippen MR) is 115 cm³/mol. The van der Waals surface area contributed by atoms with Crippen molar-refractivity contribution in [3.8, 4) is 11.3 Å². The molecule has 2 bridgehead atoms. The van der Waals surface area contributed by atoms with E-state index in [0.717, 1.165) is 42.0 Å². The number of nitrogens with zero attached hydrogens (tertiary/aromatic N) is 6. The molecule has 31 heavy (non-hydrogen) atoms. The van der Waals surface area contributed by atoms with E-state index >= 15 is 0 Å². The molecule has 3 aromatic rings. The minimum atomic E-state index is -0.364. The summed E-state index contributed by atoms with van der Waals surface area (Å²) in [7, 11) is 3.60. The van der Waals surface area contributed by atoms with E-state index in [1.165, 1.54) is 12.1 Å². The Balaban J connectivity index is 1.79. The van der Waals surface area contributed by atoms with E-state index in [2.05, 4.69) is 20.2 Å². The molecule has 8 nitrogen and oxygen atoms in total. The van der Waals surface area contributed by atoms with Crippen LogP contribution in [0.15, 0.2) is 24.3 Å². The number of carbonyl (C=O) groups excluding carboxylic acids is 1. The van der Waals surface area contributed by atoms with E-state index in [4.69, 9.17) is 5.73 Å². The molecule has 1 atom stereocenters. The van der Waals surface area contributed by atoms with E-state index in [0.29, 0.717) is 29.2 Å². The van der Waals surface area contributed by atoms with Gasteiger partial charge in [-0.15, -0.1) is 10.2 Å². The monoisotopic (exact) mass is 421 g/mol. The lowest BCUT2D eigenvalue weighted by Crippen LogP contribution is -2.31. The van der Waals surface area contributed by atoms with Crippen molar-refractivity contribution in [1.29, 1.82) is 0 Å². The summed E-state index contributed by atoms with van der Waals surface area (Å²) in [5.41, 5.74) is 11.3. The van der Waals surface area contributed by atoms with Crippen molar-refractivity contribution in [3.63, 3.8) is 0 Å². The molecular formula is C22H24FN7O. The maximum Gasteiger partial charge on any atom is 0.254 e. The molecule has 1 aromatic carbocycles. The van der Waals surface area contributed by atoms with E-state index < -0.39 is 0 Å². The van der Waals surface area contributed by atoms with E-state index in [9.17, 15) is 9.18 Å². The number of halogens is 1. The number of rotatable bonds is 0. The molecule has 0 saturated carbocycles. The van der Waals surface area contributed by atoms with Gasteiger partial charge in [-0.25, -0.2) is 4.39 Å². The summed E-state index contributed by atoms with van der Waals surface area (Å²) in [5, 5.41) is 13.2. The van der Waals surface area contributed by atoms with Gasteiger partial charge in [-0.3, -0.25) is 9.48 Å². The van der Waals surface area contributed by atoms with Crippen molar-refractivity contribution in [2.45, 2.75) is 32.4 Å². The van der Waals surface area contributed by atoms with Gasteiger partial charge in [-0.1, -0.05) is 0 Å². The van der Waals surface area contributed by atoms with Crippen LogP contribution in [0.1, 0.15) is 46.2 Å². The van der Waals surface area contributed by atoms with Gasteiger partial charge in [0, 0.05) is 37.5 Å². The Morgan fingerprint density at radius 2 is 2.00 bits per heavy atom. The topological polar surface area (TPSA) is 93.2 Å². The molecule has 2 N–H and O–H groups in total. The van der Waals surface area contributed by atoms with Gasteiger partial charge in [0.15, 0.2) is 5.82 Å². The molecule has 2 aliphatic heterocycles. The second-order valence-corrected chi connectivity index (χ2v) is 8.27. The number of carbonyl (C=O) groups is 1. The summed E-state index contributed by atoms with van der Waals surface area (Å²) in [5.74, 6) is -0.214. The Hall–Kier alpha value is -3.49. The Kier molecular flexibility index (Phi) is 4.42. The molecule has 0 unspecified atom stereocenters. The van der Waals surface area contributed by atoms with Crippen LogP contribution in [0.4, 0.5) is 15.9 Å². The summed E-state index contributed by atoms with van der Waals surface area (Å²) in [6, 6.07) is 6.16. The van der Waals surface area contributed by atoms with Crippen LogP contribution in [-0.2, 0) is 13.6 Å². The van der Waals surface area contributed by atoms with Gasteiger partial charge in [-0.05, 0) is 49.6 Å². The molecule has 1 fully saturated rings. The van der Waals surface area contributed by atoms with Crippen LogP contribution in [0.25, 0.3) is 11.3 Å². The van der Waals surface area contributed by atoms with Gasteiger partial charge in [0.05, 0.1) is 29.7 Å². The van der Waals surface area contributed by atoms with E-state index in [1.54, 1.807) is 22.7 Å². The first-order valence-corrected chi connectivity index (χ1v) is 10.3. The fourth-order valence-corrected chi connectivity index (χ4v) is 4.75. The number of aromatic nitrogens is 4. The third-order valence-corrected chi connectivity index (χ3v) is 6.36. The number of anilines is 2. The van der Waals surface area contributed by atoms with Crippen molar-refractivity contribution in [2.24, 2.45) is 7.05 Å². The van der Waals surface area contributed by atoms with Crippen LogP contribution < -0.4 is 10.6 Å². The van der Waals surface area contributed by atoms with Gasteiger partial charge in [-0.2, -0.15) is 5.10 Å². The summed E-state index contributed by atoms with van der Waals surface area (Å²) >= 11 is 0. The van der Waals surface area contributed by atoms with Crippen LogP contribution in [0, 0.1) is 12.7 Å². The minimum absolute atomic E-state index is 0.167. The third kappa shape index (κ3) is 3.03. The van der Waals surface area contributed by atoms with Gasteiger partial charge < -0.3 is 15.5 Å². The van der Waals surface area contributed by atoms with Gasteiger partial charge >= 0.3 is 0 Å². The Morgan fingerprint density at radius 1 is 1.19 bits per heavy atom.